The molecule has 0 radical (unpaired) electrons. The number of nitrogens with zero attached hydrogens (tertiary/aromatic N) is 3. The lowest BCUT2D eigenvalue weighted by atomic mass is 10.5. The number of nitrogens with one attached hydrogen (secondary N) is 1. The predicted octanol–water partition coefficient (Wildman–Crippen LogP) is 1.32. The molecular weight excluding hydrogens is 333 g/mol. The number of carboxylic acids is 2. The van der Waals surface area contributed by atoms with Crippen LogP contribution in [-0.4, -0.2) is 50.2 Å². The van der Waals surface area contributed by atoms with E-state index in [1.165, 1.54) is 17.6 Å². The number of carboxylic acid groups (broad SMARTS) is 2. The third-order valence-corrected chi connectivity index (χ3v) is 2.62. The predicted molar refractivity (Wildman–Crippen MR) is 65.2 cm³/mol. The zero-order valence-corrected chi connectivity index (χ0v) is 11.2. The molecule has 3 N–H and O–H groups in total. The molecule has 0 fully saturated rings. The van der Waals surface area contributed by atoms with Gasteiger partial charge in [-0.2, -0.15) is 13.2 Å². The summed E-state index contributed by atoms with van der Waals surface area (Å²) in [7, 11) is 0. The molecule has 2 rings (SSSR count). The molecule has 0 amide bonds. The number of carbonyl (C=O) groups is 2. The quantitative estimate of drug-likeness (QED) is 0.752. The van der Waals surface area contributed by atoms with Crippen molar-refractivity contribution >= 4 is 28.4 Å². The maximum absolute atomic E-state index is 10.6. The van der Waals surface area contributed by atoms with Gasteiger partial charge in [0.1, 0.15) is 18.5 Å². The summed E-state index contributed by atoms with van der Waals surface area (Å²) in [5, 5.41) is 30.5. The minimum Gasteiger partial charge on any atom is -0.480 e. The van der Waals surface area contributed by atoms with E-state index in [1.54, 1.807) is 6.07 Å². The Balaban J connectivity index is 0.000000295. The molecule has 2 aromatic rings. The van der Waals surface area contributed by atoms with Gasteiger partial charge in [0, 0.05) is 6.07 Å². The van der Waals surface area contributed by atoms with E-state index in [9.17, 15) is 18.0 Å². The number of alkyl halides is 3. The average molecular weight is 340 g/mol. The van der Waals surface area contributed by atoms with Crippen LogP contribution in [0.4, 0.5) is 18.3 Å². The summed E-state index contributed by atoms with van der Waals surface area (Å²) in [6.07, 6.45) is -3.65. The maximum Gasteiger partial charge on any atom is 0.490 e. The summed E-state index contributed by atoms with van der Waals surface area (Å²) in [6.45, 7) is -0.187. The van der Waals surface area contributed by atoms with E-state index in [4.69, 9.17) is 15.0 Å². The van der Waals surface area contributed by atoms with E-state index in [-0.39, 0.29) is 6.54 Å². The van der Waals surface area contributed by atoms with Crippen LogP contribution in [0.2, 0.25) is 0 Å². The van der Waals surface area contributed by atoms with Crippen LogP contribution in [0.5, 0.6) is 0 Å². The monoisotopic (exact) mass is 340 g/mol. The Labute approximate surface area is 123 Å². The van der Waals surface area contributed by atoms with Crippen LogP contribution >= 0.6 is 11.3 Å². The van der Waals surface area contributed by atoms with Gasteiger partial charge in [0.2, 0.25) is 5.13 Å². The van der Waals surface area contributed by atoms with Gasteiger partial charge in [-0.3, -0.25) is 4.79 Å². The van der Waals surface area contributed by atoms with E-state index in [0.717, 1.165) is 0 Å². The van der Waals surface area contributed by atoms with E-state index >= 15 is 0 Å². The molecule has 0 aliphatic heterocycles. The normalized spacial score (nSPS) is 10.5. The van der Waals surface area contributed by atoms with Gasteiger partial charge in [0.15, 0.2) is 5.01 Å². The highest BCUT2D eigenvalue weighted by atomic mass is 32.1. The van der Waals surface area contributed by atoms with Gasteiger partial charge < -0.3 is 20.1 Å². The van der Waals surface area contributed by atoms with Crippen molar-refractivity contribution in [2.45, 2.75) is 6.18 Å². The maximum atomic E-state index is 10.6. The minimum atomic E-state index is -5.08. The summed E-state index contributed by atoms with van der Waals surface area (Å²) in [6, 6.07) is 1.65. The summed E-state index contributed by atoms with van der Waals surface area (Å²) < 4.78 is 36.4. The third kappa shape index (κ3) is 5.74. The molecule has 0 saturated carbocycles. The van der Waals surface area contributed by atoms with Gasteiger partial charge in [0.05, 0.1) is 0 Å². The second kappa shape index (κ2) is 7.35. The molecule has 0 saturated heterocycles. The largest absolute Gasteiger partial charge is 0.490 e. The number of hydrogen-bond donors (Lipinski definition) is 3. The highest BCUT2D eigenvalue weighted by molar-refractivity contribution is 7.18. The fourth-order valence-corrected chi connectivity index (χ4v) is 1.57. The summed E-state index contributed by atoms with van der Waals surface area (Å²) in [5.41, 5.74) is 0.580. The number of aromatic nitrogens is 3. The number of rotatable bonds is 4. The van der Waals surface area contributed by atoms with Crippen molar-refractivity contribution in [2.24, 2.45) is 0 Å². The van der Waals surface area contributed by atoms with Gasteiger partial charge in [-0.1, -0.05) is 16.5 Å². The summed E-state index contributed by atoms with van der Waals surface area (Å²) in [5.74, 6) is -3.71. The van der Waals surface area contributed by atoms with Gasteiger partial charge in [-0.05, 0) is 0 Å². The molecule has 22 heavy (non-hydrogen) atoms. The van der Waals surface area contributed by atoms with E-state index in [2.05, 4.69) is 25.2 Å². The first-order chi connectivity index (χ1) is 10.2. The van der Waals surface area contributed by atoms with Gasteiger partial charge in [-0.15, -0.1) is 10.2 Å². The van der Waals surface area contributed by atoms with Gasteiger partial charge in [-0.25, -0.2) is 4.79 Å². The summed E-state index contributed by atoms with van der Waals surface area (Å²) in [4.78, 5) is 19.2. The van der Waals surface area contributed by atoms with Crippen molar-refractivity contribution in [3.63, 3.8) is 0 Å². The van der Waals surface area contributed by atoms with Gasteiger partial charge in [0.25, 0.3) is 0 Å². The number of halogens is 3. The molecule has 9 nitrogen and oxygen atoms in total. The molecule has 2 heterocycles. The molecule has 2 aromatic heterocycles. The standard InChI is InChI=1S/C7H6N4O3S.C2HF3O2/c12-5(13)3-8-7-10-9-6(15-7)4-1-2-14-11-4;3-2(4,5)1(6)7/h1-2H,3H2,(H,8,10)(H,12,13);(H,6,7). The fraction of sp³-hybridized carbons (Fsp3) is 0.222. The van der Waals surface area contributed by atoms with Crippen molar-refractivity contribution in [1.82, 2.24) is 15.4 Å². The minimum absolute atomic E-state index is 0.187. The van der Waals surface area contributed by atoms with Crippen LogP contribution in [0.3, 0.4) is 0 Å². The molecule has 0 bridgehead atoms. The lowest BCUT2D eigenvalue weighted by molar-refractivity contribution is -0.192. The molecule has 0 spiro atoms. The molecular formula is C9H7F3N4O5S. The first-order valence-corrected chi connectivity index (χ1v) is 6.02. The highest BCUT2D eigenvalue weighted by Crippen LogP contribution is 2.24. The van der Waals surface area contributed by atoms with Crippen LogP contribution < -0.4 is 5.32 Å². The van der Waals surface area contributed by atoms with Crippen molar-refractivity contribution in [3.8, 4) is 10.7 Å². The Morgan fingerprint density at radius 1 is 1.32 bits per heavy atom. The fourth-order valence-electron chi connectivity index (χ4n) is 0.872. The first kappa shape index (κ1) is 17.4. The molecule has 0 aliphatic rings. The van der Waals surface area contributed by atoms with Crippen LogP contribution in [0, 0.1) is 0 Å². The van der Waals surface area contributed by atoms with Crippen LogP contribution in [0.15, 0.2) is 16.9 Å². The topological polar surface area (TPSA) is 138 Å². The molecule has 13 heteroatoms. The van der Waals surface area contributed by atoms with Crippen molar-refractivity contribution in [1.29, 1.82) is 0 Å². The van der Waals surface area contributed by atoms with Crippen molar-refractivity contribution in [3.05, 3.63) is 12.3 Å². The Kier molecular flexibility index (Phi) is 5.80. The number of hydrogen-bond acceptors (Lipinski definition) is 8. The highest BCUT2D eigenvalue weighted by Gasteiger charge is 2.38. The first-order valence-electron chi connectivity index (χ1n) is 5.20. The summed E-state index contributed by atoms with van der Waals surface area (Å²) >= 11 is 1.21. The Morgan fingerprint density at radius 3 is 2.41 bits per heavy atom. The van der Waals surface area contributed by atoms with Crippen molar-refractivity contribution < 1.29 is 37.5 Å². The molecule has 0 atom stereocenters. The Bertz CT molecular complexity index is 627. The SMILES string of the molecule is O=C(O)C(F)(F)F.O=C(O)CNc1nnc(-c2ccon2)s1. The zero-order valence-electron chi connectivity index (χ0n) is 10.4. The van der Waals surface area contributed by atoms with E-state index < -0.39 is 18.1 Å². The zero-order chi connectivity index (χ0) is 16.8. The van der Waals surface area contributed by atoms with Crippen LogP contribution in [-0.2, 0) is 9.59 Å². The smallest absolute Gasteiger partial charge is 0.480 e. The number of anilines is 1. The molecule has 0 unspecified atom stereocenters. The number of aliphatic carboxylic acids is 2. The lowest BCUT2D eigenvalue weighted by Crippen LogP contribution is -2.21. The molecule has 0 aliphatic carbocycles. The second-order valence-electron chi connectivity index (χ2n) is 3.35. The molecule has 0 aromatic carbocycles. The third-order valence-electron chi connectivity index (χ3n) is 1.72. The second-order valence-corrected chi connectivity index (χ2v) is 4.32. The Hall–Kier alpha value is -2.70. The molecule has 120 valence electrons. The van der Waals surface area contributed by atoms with E-state index in [0.29, 0.717) is 15.8 Å². The van der Waals surface area contributed by atoms with Gasteiger partial charge >= 0.3 is 18.1 Å². The Morgan fingerprint density at radius 2 is 1.95 bits per heavy atom. The lowest BCUT2D eigenvalue weighted by Gasteiger charge is -1.93. The van der Waals surface area contributed by atoms with Crippen LogP contribution in [0.1, 0.15) is 0 Å². The van der Waals surface area contributed by atoms with Crippen molar-refractivity contribution in [2.75, 3.05) is 11.9 Å². The average Bonchev–Trinajstić information content (AvgIpc) is 3.07. The van der Waals surface area contributed by atoms with Crippen LogP contribution in [0.25, 0.3) is 10.7 Å². The van der Waals surface area contributed by atoms with E-state index in [1.807, 2.05) is 0 Å².